The fourth-order valence-electron chi connectivity index (χ4n) is 3.17. The smallest absolute Gasteiger partial charge is 0.244 e. The molecule has 0 aliphatic rings. The Bertz CT molecular complexity index is 1090. The van der Waals surface area contributed by atoms with Gasteiger partial charge < -0.3 is 9.88 Å². The Morgan fingerprint density at radius 1 is 1.04 bits per heavy atom. The van der Waals surface area contributed by atoms with Crippen LogP contribution in [0.2, 0.25) is 0 Å². The van der Waals surface area contributed by atoms with Gasteiger partial charge in [0.2, 0.25) is 5.91 Å². The highest BCUT2D eigenvalue weighted by atomic mass is 16.1. The van der Waals surface area contributed by atoms with Crippen molar-refractivity contribution in [3.05, 3.63) is 90.9 Å². The van der Waals surface area contributed by atoms with Crippen molar-refractivity contribution < 1.29 is 4.79 Å². The molecule has 5 heteroatoms. The molecule has 5 nitrogen and oxygen atoms in total. The minimum atomic E-state index is -0.0928. The number of aryl methyl sites for hydroxylation is 1. The molecular formula is C23H22N4O. The van der Waals surface area contributed by atoms with Gasteiger partial charge in [0.05, 0.1) is 11.9 Å². The van der Waals surface area contributed by atoms with E-state index in [1.54, 1.807) is 23.0 Å². The lowest BCUT2D eigenvalue weighted by atomic mass is 10.2. The summed E-state index contributed by atoms with van der Waals surface area (Å²) in [5, 5.41) is 8.50. The molecule has 1 N–H and O–H groups in total. The Kier molecular flexibility index (Phi) is 5.33. The maximum atomic E-state index is 12.0. The topological polar surface area (TPSA) is 51.9 Å². The first-order valence-corrected chi connectivity index (χ1v) is 9.39. The number of amides is 1. The van der Waals surface area contributed by atoms with Crippen LogP contribution in [0.4, 0.5) is 0 Å². The lowest BCUT2D eigenvalue weighted by Gasteiger charge is -2.06. The minimum absolute atomic E-state index is 0.0928. The number of aromatic nitrogens is 3. The molecule has 0 fully saturated rings. The summed E-state index contributed by atoms with van der Waals surface area (Å²) in [6.07, 6.45) is 9.95. The van der Waals surface area contributed by atoms with E-state index in [9.17, 15) is 4.79 Å². The second kappa shape index (κ2) is 8.39. The number of fused-ring (bicyclic) bond motifs is 1. The average molecular weight is 370 g/mol. The predicted octanol–water partition coefficient (Wildman–Crippen LogP) is 4.05. The Morgan fingerprint density at radius 3 is 2.75 bits per heavy atom. The summed E-state index contributed by atoms with van der Waals surface area (Å²) in [5.74, 6) is -0.0928. The highest BCUT2D eigenvalue weighted by molar-refractivity contribution is 5.91. The molecule has 0 aliphatic heterocycles. The van der Waals surface area contributed by atoms with E-state index >= 15 is 0 Å². The highest BCUT2D eigenvalue weighted by Gasteiger charge is 2.01. The van der Waals surface area contributed by atoms with Gasteiger partial charge in [0.25, 0.3) is 0 Å². The van der Waals surface area contributed by atoms with Gasteiger partial charge in [0.1, 0.15) is 0 Å². The monoisotopic (exact) mass is 370 g/mol. The number of nitrogens with zero attached hydrogens (tertiary/aromatic N) is 3. The molecular weight excluding hydrogens is 348 g/mol. The molecule has 0 atom stereocenters. The van der Waals surface area contributed by atoms with Crippen LogP contribution >= 0.6 is 0 Å². The molecule has 28 heavy (non-hydrogen) atoms. The number of nitrogens with one attached hydrogen (secondary N) is 1. The molecule has 140 valence electrons. The van der Waals surface area contributed by atoms with Gasteiger partial charge in [0.15, 0.2) is 0 Å². The zero-order valence-electron chi connectivity index (χ0n) is 15.5. The van der Waals surface area contributed by atoms with E-state index < -0.39 is 0 Å². The van der Waals surface area contributed by atoms with Gasteiger partial charge in [0, 0.05) is 42.6 Å². The van der Waals surface area contributed by atoms with Gasteiger partial charge >= 0.3 is 0 Å². The van der Waals surface area contributed by atoms with Gasteiger partial charge in [-0.1, -0.05) is 36.4 Å². The summed E-state index contributed by atoms with van der Waals surface area (Å²) in [6, 6.07) is 20.3. The van der Waals surface area contributed by atoms with E-state index in [1.807, 2.05) is 48.7 Å². The first-order valence-electron chi connectivity index (χ1n) is 9.39. The maximum Gasteiger partial charge on any atom is 0.244 e. The predicted molar refractivity (Wildman–Crippen MR) is 112 cm³/mol. The third-order valence-electron chi connectivity index (χ3n) is 4.61. The maximum absolute atomic E-state index is 12.0. The number of carbonyl (C=O) groups is 1. The van der Waals surface area contributed by atoms with Crippen molar-refractivity contribution >= 4 is 22.9 Å². The summed E-state index contributed by atoms with van der Waals surface area (Å²) < 4.78 is 4.01. The van der Waals surface area contributed by atoms with E-state index in [1.165, 1.54) is 10.9 Å². The number of para-hydroxylation sites is 2. The Hall–Kier alpha value is -3.60. The van der Waals surface area contributed by atoms with Crippen LogP contribution in [0.25, 0.3) is 22.7 Å². The summed E-state index contributed by atoms with van der Waals surface area (Å²) in [5.41, 5.74) is 3.10. The molecule has 4 rings (SSSR count). The van der Waals surface area contributed by atoms with Crippen molar-refractivity contribution in [3.63, 3.8) is 0 Å². The van der Waals surface area contributed by atoms with Crippen molar-refractivity contribution in [2.24, 2.45) is 0 Å². The molecule has 2 aromatic heterocycles. The summed E-state index contributed by atoms with van der Waals surface area (Å²) in [6.45, 7) is 1.51. The summed E-state index contributed by atoms with van der Waals surface area (Å²) in [7, 11) is 0. The van der Waals surface area contributed by atoms with Gasteiger partial charge in [-0.15, -0.1) is 0 Å². The molecule has 4 aromatic rings. The molecule has 0 radical (unpaired) electrons. The lowest BCUT2D eigenvalue weighted by molar-refractivity contribution is -0.116. The second-order valence-corrected chi connectivity index (χ2v) is 6.60. The number of rotatable bonds is 7. The molecule has 1 amide bonds. The molecule has 0 saturated carbocycles. The first kappa shape index (κ1) is 17.8. The molecule has 0 aliphatic carbocycles. The fraction of sp³-hybridized carbons (Fsp3) is 0.130. The van der Waals surface area contributed by atoms with Crippen LogP contribution in [0.3, 0.4) is 0 Å². The van der Waals surface area contributed by atoms with Crippen molar-refractivity contribution in [1.29, 1.82) is 0 Å². The minimum Gasteiger partial charge on any atom is -0.352 e. The van der Waals surface area contributed by atoms with Crippen molar-refractivity contribution in [2.45, 2.75) is 13.0 Å². The van der Waals surface area contributed by atoms with Crippen LogP contribution < -0.4 is 5.32 Å². The Labute approximate surface area is 163 Å². The molecule has 2 heterocycles. The standard InChI is InChI=1S/C23H22N4O/c28-23(12-11-19-17-25-27(18-19)21-8-2-1-3-9-21)24-14-6-15-26-16-13-20-7-4-5-10-22(20)26/h1-5,7-13,16-18H,6,14-15H2,(H,24,28)/b12-11+. The molecule has 0 unspecified atom stereocenters. The highest BCUT2D eigenvalue weighted by Crippen LogP contribution is 2.15. The van der Waals surface area contributed by atoms with Crippen LogP contribution in [0.5, 0.6) is 0 Å². The van der Waals surface area contributed by atoms with Gasteiger partial charge in [-0.25, -0.2) is 4.68 Å². The van der Waals surface area contributed by atoms with Gasteiger partial charge in [-0.3, -0.25) is 4.79 Å². The van der Waals surface area contributed by atoms with E-state index in [4.69, 9.17) is 0 Å². The fourth-order valence-corrected chi connectivity index (χ4v) is 3.17. The number of hydrogen-bond acceptors (Lipinski definition) is 2. The quantitative estimate of drug-likeness (QED) is 0.394. The summed E-state index contributed by atoms with van der Waals surface area (Å²) >= 11 is 0. The zero-order valence-corrected chi connectivity index (χ0v) is 15.5. The van der Waals surface area contributed by atoms with Crippen LogP contribution in [0, 0.1) is 0 Å². The first-order chi connectivity index (χ1) is 13.8. The normalized spacial score (nSPS) is 11.3. The number of carbonyl (C=O) groups excluding carboxylic acids is 1. The number of hydrogen-bond donors (Lipinski definition) is 1. The third kappa shape index (κ3) is 4.20. The van der Waals surface area contributed by atoms with Crippen molar-refractivity contribution in [1.82, 2.24) is 19.7 Å². The SMILES string of the molecule is O=C(/C=C/c1cnn(-c2ccccc2)c1)NCCCn1ccc2ccccc21. The van der Waals surface area contributed by atoms with Gasteiger partial charge in [-0.05, 0) is 42.1 Å². The Balaban J connectivity index is 1.25. The van der Waals surface area contributed by atoms with E-state index in [0.717, 1.165) is 24.2 Å². The van der Waals surface area contributed by atoms with Crippen LogP contribution in [0.15, 0.2) is 85.3 Å². The molecule has 2 aromatic carbocycles. The average Bonchev–Trinajstić information content (AvgIpc) is 3.38. The number of benzene rings is 2. The molecule has 0 bridgehead atoms. The van der Waals surface area contributed by atoms with Gasteiger partial charge in [-0.2, -0.15) is 5.10 Å². The van der Waals surface area contributed by atoms with Crippen LogP contribution in [-0.4, -0.2) is 26.8 Å². The molecule has 0 saturated heterocycles. The Morgan fingerprint density at radius 2 is 1.86 bits per heavy atom. The third-order valence-corrected chi connectivity index (χ3v) is 4.61. The van der Waals surface area contributed by atoms with E-state index in [-0.39, 0.29) is 5.91 Å². The van der Waals surface area contributed by atoms with Crippen LogP contribution in [0.1, 0.15) is 12.0 Å². The largest absolute Gasteiger partial charge is 0.352 e. The zero-order chi connectivity index (χ0) is 19.2. The second-order valence-electron chi connectivity index (χ2n) is 6.60. The van der Waals surface area contributed by atoms with Crippen molar-refractivity contribution in [3.8, 4) is 5.69 Å². The van der Waals surface area contributed by atoms with Crippen molar-refractivity contribution in [2.75, 3.05) is 6.54 Å². The van der Waals surface area contributed by atoms with E-state index in [2.05, 4.69) is 39.4 Å². The molecule has 0 spiro atoms. The van der Waals surface area contributed by atoms with Crippen LogP contribution in [-0.2, 0) is 11.3 Å². The van der Waals surface area contributed by atoms with E-state index in [0.29, 0.717) is 6.54 Å². The summed E-state index contributed by atoms with van der Waals surface area (Å²) in [4.78, 5) is 12.0. The lowest BCUT2D eigenvalue weighted by Crippen LogP contribution is -2.23.